The minimum absolute atomic E-state index is 0.0710. The van der Waals surface area contributed by atoms with Gasteiger partial charge in [0.25, 0.3) is 11.7 Å². The molecule has 4 rings (SSSR count). The molecule has 3 heterocycles. The molecule has 1 aromatic heterocycles. The van der Waals surface area contributed by atoms with Gasteiger partial charge in [-0.25, -0.2) is 0 Å². The molecule has 1 N–H and O–H groups in total. The first-order chi connectivity index (χ1) is 13.0. The van der Waals surface area contributed by atoms with Crippen LogP contribution in [-0.2, 0) is 16.0 Å². The monoisotopic (exact) mass is 367 g/mol. The minimum Gasteiger partial charge on any atom is -0.507 e. The van der Waals surface area contributed by atoms with Crippen molar-refractivity contribution in [3.05, 3.63) is 58.6 Å². The van der Waals surface area contributed by atoms with E-state index < -0.39 is 17.7 Å². The zero-order valence-electron chi connectivity index (χ0n) is 15.3. The van der Waals surface area contributed by atoms with Crippen LogP contribution in [0.3, 0.4) is 0 Å². The standard InChI is InChI=1S/C21H21NO5/c1-3-9-22-18(16-6-4-12(2)27-16)17(20(24)21(22)25)19(23)14-5-7-15-13(11-14)8-10-26-15/h4-7,11,18,23H,3,8-10H2,1-2H3/b19-17-. The summed E-state index contributed by atoms with van der Waals surface area (Å²) in [6.07, 6.45) is 1.45. The number of likely N-dealkylation sites (tertiary alicyclic amines) is 1. The van der Waals surface area contributed by atoms with E-state index in [0.717, 1.165) is 17.7 Å². The number of aliphatic hydroxyl groups is 1. The first-order valence-electron chi connectivity index (χ1n) is 9.12. The number of furan rings is 1. The van der Waals surface area contributed by atoms with Gasteiger partial charge in [0, 0.05) is 18.5 Å². The Kier molecular flexibility index (Phi) is 4.26. The molecule has 0 radical (unpaired) electrons. The largest absolute Gasteiger partial charge is 0.507 e. The molecule has 1 unspecified atom stereocenters. The van der Waals surface area contributed by atoms with Crippen molar-refractivity contribution in [2.75, 3.05) is 13.2 Å². The Labute approximate surface area is 157 Å². The van der Waals surface area contributed by atoms with Crippen LogP contribution < -0.4 is 4.74 Å². The summed E-state index contributed by atoms with van der Waals surface area (Å²) < 4.78 is 11.2. The van der Waals surface area contributed by atoms with Crippen molar-refractivity contribution in [3.63, 3.8) is 0 Å². The molecule has 6 nitrogen and oxygen atoms in total. The maximum atomic E-state index is 12.8. The molecule has 2 aromatic rings. The number of carbonyl (C=O) groups excluding carboxylic acids is 2. The van der Waals surface area contributed by atoms with Crippen LogP contribution in [0.2, 0.25) is 0 Å². The first-order valence-corrected chi connectivity index (χ1v) is 9.12. The van der Waals surface area contributed by atoms with E-state index in [4.69, 9.17) is 9.15 Å². The van der Waals surface area contributed by atoms with Gasteiger partial charge in [-0.2, -0.15) is 0 Å². The van der Waals surface area contributed by atoms with Gasteiger partial charge in [-0.3, -0.25) is 9.59 Å². The number of carbonyl (C=O) groups is 2. The number of hydrogen-bond donors (Lipinski definition) is 1. The molecule has 1 aromatic carbocycles. The number of amides is 1. The van der Waals surface area contributed by atoms with Crippen LogP contribution in [0.5, 0.6) is 5.75 Å². The number of aryl methyl sites for hydroxylation is 1. The fourth-order valence-electron chi connectivity index (χ4n) is 3.74. The highest BCUT2D eigenvalue weighted by Crippen LogP contribution is 2.40. The van der Waals surface area contributed by atoms with Gasteiger partial charge in [-0.15, -0.1) is 0 Å². The molecule has 2 aliphatic heterocycles. The minimum atomic E-state index is -0.719. The van der Waals surface area contributed by atoms with Crippen molar-refractivity contribution in [2.24, 2.45) is 0 Å². The fraction of sp³-hybridized carbons (Fsp3) is 0.333. The van der Waals surface area contributed by atoms with Crippen molar-refractivity contribution >= 4 is 17.4 Å². The summed E-state index contributed by atoms with van der Waals surface area (Å²) in [5.74, 6) is 0.476. The predicted octanol–water partition coefficient (Wildman–Crippen LogP) is 3.35. The van der Waals surface area contributed by atoms with Gasteiger partial charge in [-0.05, 0) is 49.2 Å². The number of benzene rings is 1. The smallest absolute Gasteiger partial charge is 0.295 e. The lowest BCUT2D eigenvalue weighted by Crippen LogP contribution is -2.30. The van der Waals surface area contributed by atoms with E-state index in [9.17, 15) is 14.7 Å². The molecule has 0 bridgehead atoms. The van der Waals surface area contributed by atoms with Crippen molar-refractivity contribution in [3.8, 4) is 5.75 Å². The Morgan fingerprint density at radius 3 is 2.78 bits per heavy atom. The molecule has 2 aliphatic rings. The van der Waals surface area contributed by atoms with E-state index in [0.29, 0.717) is 36.7 Å². The number of hydrogen-bond acceptors (Lipinski definition) is 5. The van der Waals surface area contributed by atoms with Gasteiger partial charge < -0.3 is 19.2 Å². The maximum Gasteiger partial charge on any atom is 0.295 e. The average molecular weight is 367 g/mol. The zero-order chi connectivity index (χ0) is 19.1. The number of ketones is 1. The molecule has 0 spiro atoms. The van der Waals surface area contributed by atoms with Crippen LogP contribution in [0.15, 0.2) is 40.3 Å². The fourth-order valence-corrected chi connectivity index (χ4v) is 3.74. The summed E-state index contributed by atoms with van der Waals surface area (Å²) in [5.41, 5.74) is 1.55. The van der Waals surface area contributed by atoms with Crippen molar-refractivity contribution < 1.29 is 23.8 Å². The van der Waals surface area contributed by atoms with Gasteiger partial charge in [0.15, 0.2) is 0 Å². The Balaban J connectivity index is 1.85. The van der Waals surface area contributed by atoms with Crippen molar-refractivity contribution in [1.82, 2.24) is 4.90 Å². The van der Waals surface area contributed by atoms with Crippen LogP contribution in [-0.4, -0.2) is 34.8 Å². The molecule has 140 valence electrons. The second kappa shape index (κ2) is 6.61. The maximum absolute atomic E-state index is 12.8. The Bertz CT molecular complexity index is 955. The summed E-state index contributed by atoms with van der Waals surface area (Å²) in [6, 6.07) is 8.12. The predicted molar refractivity (Wildman–Crippen MR) is 98.4 cm³/mol. The highest BCUT2D eigenvalue weighted by Gasteiger charge is 2.47. The van der Waals surface area contributed by atoms with Gasteiger partial charge >= 0.3 is 0 Å². The number of aliphatic hydroxyl groups excluding tert-OH is 1. The lowest BCUT2D eigenvalue weighted by molar-refractivity contribution is -0.140. The number of rotatable bonds is 4. The van der Waals surface area contributed by atoms with Crippen molar-refractivity contribution in [1.29, 1.82) is 0 Å². The molecular weight excluding hydrogens is 346 g/mol. The first kappa shape index (κ1) is 17.4. The average Bonchev–Trinajstić information content (AvgIpc) is 3.35. The SMILES string of the molecule is CCCN1C(=O)C(=O)/C(=C(\O)c2ccc3c(c2)CCO3)C1c1ccc(C)o1. The van der Waals surface area contributed by atoms with E-state index in [1.165, 1.54) is 4.90 Å². The third kappa shape index (κ3) is 2.81. The van der Waals surface area contributed by atoms with Crippen LogP contribution in [0.25, 0.3) is 5.76 Å². The number of fused-ring (bicyclic) bond motifs is 1. The topological polar surface area (TPSA) is 80.0 Å². The summed E-state index contributed by atoms with van der Waals surface area (Å²) in [5, 5.41) is 11.0. The van der Waals surface area contributed by atoms with E-state index in [-0.39, 0.29) is 11.3 Å². The molecule has 1 atom stereocenters. The van der Waals surface area contributed by atoms with Gasteiger partial charge in [0.2, 0.25) is 0 Å². The Morgan fingerprint density at radius 2 is 2.07 bits per heavy atom. The number of ether oxygens (including phenoxy) is 1. The van der Waals surface area contributed by atoms with Gasteiger partial charge in [-0.1, -0.05) is 6.92 Å². The molecule has 27 heavy (non-hydrogen) atoms. The molecule has 1 fully saturated rings. The number of nitrogens with zero attached hydrogens (tertiary/aromatic N) is 1. The van der Waals surface area contributed by atoms with E-state index in [1.807, 2.05) is 13.0 Å². The van der Waals surface area contributed by atoms with Crippen LogP contribution in [0.1, 0.15) is 42.0 Å². The molecule has 0 aliphatic carbocycles. The van der Waals surface area contributed by atoms with Crippen LogP contribution in [0, 0.1) is 6.92 Å². The Morgan fingerprint density at radius 1 is 1.26 bits per heavy atom. The highest BCUT2D eigenvalue weighted by molar-refractivity contribution is 6.46. The molecule has 1 saturated heterocycles. The van der Waals surface area contributed by atoms with E-state index >= 15 is 0 Å². The molecule has 6 heteroatoms. The highest BCUT2D eigenvalue weighted by atomic mass is 16.5. The third-order valence-electron chi connectivity index (χ3n) is 5.00. The van der Waals surface area contributed by atoms with Crippen LogP contribution >= 0.6 is 0 Å². The third-order valence-corrected chi connectivity index (χ3v) is 5.00. The van der Waals surface area contributed by atoms with Crippen molar-refractivity contribution in [2.45, 2.75) is 32.7 Å². The Hall–Kier alpha value is -3.02. The van der Waals surface area contributed by atoms with Gasteiger partial charge in [0.1, 0.15) is 29.1 Å². The number of Topliss-reactive ketones (excluding diaryl/α,β-unsaturated/α-hetero) is 1. The lowest BCUT2D eigenvalue weighted by atomic mass is 9.98. The summed E-state index contributed by atoms with van der Waals surface area (Å²) >= 11 is 0. The van der Waals surface area contributed by atoms with Crippen LogP contribution in [0.4, 0.5) is 0 Å². The normalized spacial score (nSPS) is 20.8. The second-order valence-corrected chi connectivity index (χ2v) is 6.86. The zero-order valence-corrected chi connectivity index (χ0v) is 15.3. The summed E-state index contributed by atoms with van der Waals surface area (Å²) in [4.78, 5) is 26.8. The van der Waals surface area contributed by atoms with Gasteiger partial charge in [0.05, 0.1) is 12.2 Å². The second-order valence-electron chi connectivity index (χ2n) is 6.86. The van der Waals surface area contributed by atoms with E-state index in [1.54, 1.807) is 31.2 Å². The van der Waals surface area contributed by atoms with E-state index in [2.05, 4.69) is 0 Å². The molecule has 1 amide bonds. The quantitative estimate of drug-likeness (QED) is 0.509. The molecule has 0 saturated carbocycles. The summed E-state index contributed by atoms with van der Waals surface area (Å²) in [6.45, 7) is 4.75. The summed E-state index contributed by atoms with van der Waals surface area (Å²) in [7, 11) is 0. The molecular formula is C21H21NO5. The lowest BCUT2D eigenvalue weighted by Gasteiger charge is -2.22.